The molecule has 1 amide bonds. The zero-order valence-corrected chi connectivity index (χ0v) is 18.1. The number of imidazole rings is 1. The standard InChI is InChI=1S/C21H28N4O4S/c1-16(2)14-23-19(26)18-15-24-13-10-22-20(24)21(29-18)8-11-25(12-9-21)30(27,28)17-6-4-3-5-7-17/h3-7,10,13,16,18H,8-9,11-12,14-15H2,1-2H3,(H,23,26)/t18-/m1/s1. The molecule has 2 aromatic rings. The van der Waals surface area contributed by atoms with Crippen LogP contribution < -0.4 is 5.32 Å². The molecule has 162 valence electrons. The molecular formula is C21H28N4O4S. The minimum atomic E-state index is -3.56. The Balaban J connectivity index is 1.53. The van der Waals surface area contributed by atoms with Crippen molar-refractivity contribution in [2.75, 3.05) is 19.6 Å². The van der Waals surface area contributed by atoms with Gasteiger partial charge in [0.2, 0.25) is 10.0 Å². The molecule has 0 saturated carbocycles. The molecule has 1 aromatic carbocycles. The number of carbonyl (C=O) groups is 1. The van der Waals surface area contributed by atoms with Crippen molar-refractivity contribution in [3.8, 4) is 0 Å². The second kappa shape index (κ2) is 8.13. The number of piperidine rings is 1. The average molecular weight is 433 g/mol. The fraction of sp³-hybridized carbons (Fsp3) is 0.524. The van der Waals surface area contributed by atoms with Crippen molar-refractivity contribution in [1.29, 1.82) is 0 Å². The van der Waals surface area contributed by atoms with Crippen LogP contribution in [0.3, 0.4) is 0 Å². The third kappa shape index (κ3) is 3.89. The van der Waals surface area contributed by atoms with E-state index in [4.69, 9.17) is 4.74 Å². The first-order valence-corrected chi connectivity index (χ1v) is 11.8. The summed E-state index contributed by atoms with van der Waals surface area (Å²) in [5, 5.41) is 2.95. The first-order chi connectivity index (χ1) is 14.3. The molecule has 1 fully saturated rings. The smallest absolute Gasteiger partial charge is 0.251 e. The Labute approximate surface area is 177 Å². The van der Waals surface area contributed by atoms with E-state index >= 15 is 0 Å². The summed E-state index contributed by atoms with van der Waals surface area (Å²) in [7, 11) is -3.56. The van der Waals surface area contributed by atoms with E-state index < -0.39 is 21.7 Å². The summed E-state index contributed by atoms with van der Waals surface area (Å²) < 4.78 is 35.8. The number of hydrogen-bond acceptors (Lipinski definition) is 5. The molecule has 0 aliphatic carbocycles. The Kier molecular flexibility index (Phi) is 5.69. The van der Waals surface area contributed by atoms with Crippen molar-refractivity contribution in [1.82, 2.24) is 19.2 Å². The van der Waals surface area contributed by atoms with Gasteiger partial charge in [-0.25, -0.2) is 13.4 Å². The van der Waals surface area contributed by atoms with Crippen LogP contribution >= 0.6 is 0 Å². The molecule has 1 spiro atoms. The maximum absolute atomic E-state index is 13.0. The highest BCUT2D eigenvalue weighted by molar-refractivity contribution is 7.89. The van der Waals surface area contributed by atoms with E-state index in [1.54, 1.807) is 36.5 Å². The Hall–Kier alpha value is -2.23. The van der Waals surface area contributed by atoms with E-state index in [2.05, 4.69) is 10.3 Å². The molecule has 1 atom stereocenters. The van der Waals surface area contributed by atoms with Crippen molar-refractivity contribution < 1.29 is 17.9 Å². The number of fused-ring (bicyclic) bond motifs is 2. The molecule has 30 heavy (non-hydrogen) atoms. The molecule has 3 heterocycles. The summed E-state index contributed by atoms with van der Waals surface area (Å²) in [6, 6.07) is 8.46. The van der Waals surface area contributed by atoms with Crippen LogP contribution in [0.15, 0.2) is 47.6 Å². The first kappa shape index (κ1) is 21.0. The zero-order valence-electron chi connectivity index (χ0n) is 17.3. The maximum atomic E-state index is 13.0. The molecular weight excluding hydrogens is 404 g/mol. The van der Waals surface area contributed by atoms with Crippen LogP contribution in [-0.4, -0.2) is 53.9 Å². The highest BCUT2D eigenvalue weighted by atomic mass is 32.2. The number of ether oxygens (including phenoxy) is 1. The number of rotatable bonds is 5. The number of sulfonamides is 1. The van der Waals surface area contributed by atoms with Gasteiger partial charge >= 0.3 is 0 Å². The lowest BCUT2D eigenvalue weighted by molar-refractivity contribution is -0.170. The third-order valence-corrected chi connectivity index (χ3v) is 7.65. The molecule has 0 unspecified atom stereocenters. The van der Waals surface area contributed by atoms with Gasteiger partial charge in [0, 0.05) is 32.0 Å². The van der Waals surface area contributed by atoms with Crippen molar-refractivity contribution >= 4 is 15.9 Å². The maximum Gasteiger partial charge on any atom is 0.251 e. The van der Waals surface area contributed by atoms with Crippen LogP contribution in [-0.2, 0) is 31.7 Å². The zero-order chi connectivity index (χ0) is 21.4. The van der Waals surface area contributed by atoms with Crippen LogP contribution in [0, 0.1) is 5.92 Å². The van der Waals surface area contributed by atoms with E-state index in [1.807, 2.05) is 24.6 Å². The summed E-state index contributed by atoms with van der Waals surface area (Å²) in [5.41, 5.74) is -0.760. The van der Waals surface area contributed by atoms with Crippen LogP contribution in [0.1, 0.15) is 32.5 Å². The second-order valence-corrected chi connectivity index (χ2v) is 10.3. The van der Waals surface area contributed by atoms with Crippen molar-refractivity contribution in [3.05, 3.63) is 48.5 Å². The lowest BCUT2D eigenvalue weighted by Gasteiger charge is -2.45. The highest BCUT2D eigenvalue weighted by Gasteiger charge is 2.48. The molecule has 4 rings (SSSR count). The van der Waals surface area contributed by atoms with Gasteiger partial charge in [-0.05, 0) is 30.9 Å². The third-order valence-electron chi connectivity index (χ3n) is 5.74. The van der Waals surface area contributed by atoms with Crippen molar-refractivity contribution in [2.24, 2.45) is 5.92 Å². The van der Waals surface area contributed by atoms with E-state index in [-0.39, 0.29) is 10.8 Å². The second-order valence-electron chi connectivity index (χ2n) is 8.36. The fourth-order valence-corrected chi connectivity index (χ4v) is 5.59. The summed E-state index contributed by atoms with van der Waals surface area (Å²) in [4.78, 5) is 17.5. The van der Waals surface area contributed by atoms with E-state index in [0.717, 1.165) is 5.82 Å². The normalized spacial score (nSPS) is 21.5. The van der Waals surface area contributed by atoms with E-state index in [1.165, 1.54) is 4.31 Å². The molecule has 9 heteroatoms. The summed E-state index contributed by atoms with van der Waals surface area (Å²) in [5.74, 6) is 0.982. The van der Waals surface area contributed by atoms with Gasteiger partial charge in [0.15, 0.2) is 6.10 Å². The fourth-order valence-electron chi connectivity index (χ4n) is 4.12. The van der Waals surface area contributed by atoms with Gasteiger partial charge in [-0.2, -0.15) is 4.31 Å². The minimum Gasteiger partial charge on any atom is -0.354 e. The topological polar surface area (TPSA) is 93.5 Å². The molecule has 2 aliphatic heterocycles. The van der Waals surface area contributed by atoms with Gasteiger partial charge in [0.1, 0.15) is 11.4 Å². The predicted molar refractivity (Wildman–Crippen MR) is 111 cm³/mol. The number of nitrogens with one attached hydrogen (secondary N) is 1. The highest BCUT2D eigenvalue weighted by Crippen LogP contribution is 2.41. The Morgan fingerprint density at radius 1 is 1.27 bits per heavy atom. The number of nitrogens with zero attached hydrogens (tertiary/aromatic N) is 3. The number of benzene rings is 1. The molecule has 8 nitrogen and oxygen atoms in total. The van der Waals surface area contributed by atoms with Crippen LogP contribution in [0.2, 0.25) is 0 Å². The minimum absolute atomic E-state index is 0.137. The summed E-state index contributed by atoms with van der Waals surface area (Å²) >= 11 is 0. The van der Waals surface area contributed by atoms with Crippen LogP contribution in [0.5, 0.6) is 0 Å². The Morgan fingerprint density at radius 2 is 1.97 bits per heavy atom. The van der Waals surface area contributed by atoms with Gasteiger partial charge in [-0.1, -0.05) is 32.0 Å². The van der Waals surface area contributed by atoms with Gasteiger partial charge in [0.25, 0.3) is 5.91 Å². The molecule has 2 aliphatic rings. The predicted octanol–water partition coefficient (Wildman–Crippen LogP) is 1.73. The monoisotopic (exact) mass is 432 g/mol. The van der Waals surface area contributed by atoms with Crippen molar-refractivity contribution in [2.45, 2.75) is 49.8 Å². The number of aromatic nitrogens is 2. The van der Waals surface area contributed by atoms with Crippen LogP contribution in [0.4, 0.5) is 0 Å². The molecule has 0 radical (unpaired) electrons. The number of carbonyl (C=O) groups excluding carboxylic acids is 1. The van der Waals surface area contributed by atoms with Gasteiger partial charge in [-0.15, -0.1) is 0 Å². The van der Waals surface area contributed by atoms with E-state index in [0.29, 0.717) is 44.9 Å². The SMILES string of the molecule is CC(C)CNC(=O)[C@H]1Cn2ccnc2C2(CCN(S(=O)(=O)c3ccccc3)CC2)O1. The Morgan fingerprint density at radius 3 is 2.63 bits per heavy atom. The van der Waals surface area contributed by atoms with Gasteiger partial charge in [-0.3, -0.25) is 4.79 Å². The number of amides is 1. The molecule has 1 aromatic heterocycles. The van der Waals surface area contributed by atoms with Crippen molar-refractivity contribution in [3.63, 3.8) is 0 Å². The quantitative estimate of drug-likeness (QED) is 0.777. The van der Waals surface area contributed by atoms with Gasteiger partial charge in [0.05, 0.1) is 11.4 Å². The number of hydrogen-bond donors (Lipinski definition) is 1. The van der Waals surface area contributed by atoms with E-state index in [9.17, 15) is 13.2 Å². The van der Waals surface area contributed by atoms with Crippen LogP contribution in [0.25, 0.3) is 0 Å². The molecule has 1 saturated heterocycles. The lowest BCUT2D eigenvalue weighted by atomic mass is 9.89. The first-order valence-electron chi connectivity index (χ1n) is 10.3. The Bertz CT molecular complexity index is 995. The summed E-state index contributed by atoms with van der Waals surface area (Å²) in [6.07, 6.45) is 3.84. The molecule has 0 bridgehead atoms. The van der Waals surface area contributed by atoms with Gasteiger partial charge < -0.3 is 14.6 Å². The molecule has 1 N–H and O–H groups in total. The largest absolute Gasteiger partial charge is 0.354 e. The summed E-state index contributed by atoms with van der Waals surface area (Å²) in [6.45, 7) is 5.70. The lowest BCUT2D eigenvalue weighted by Crippen LogP contribution is -2.54. The average Bonchev–Trinajstić information content (AvgIpc) is 3.23.